The minimum atomic E-state index is -0.490. The van der Waals surface area contributed by atoms with E-state index in [2.05, 4.69) is 5.32 Å². The van der Waals surface area contributed by atoms with Crippen molar-refractivity contribution in [3.63, 3.8) is 0 Å². The normalized spacial score (nSPS) is 16.8. The number of rotatable bonds is 3. The van der Waals surface area contributed by atoms with Crippen LogP contribution in [0, 0.1) is 0 Å². The topological polar surface area (TPSA) is 55.1 Å². The molecule has 0 unspecified atom stereocenters. The number of anilines is 1. The quantitative estimate of drug-likeness (QED) is 0.888. The van der Waals surface area contributed by atoms with Crippen molar-refractivity contribution in [3.8, 4) is 0 Å². The van der Waals surface area contributed by atoms with Crippen LogP contribution in [0.1, 0.15) is 23.2 Å². The Morgan fingerprint density at radius 3 is 2.71 bits per heavy atom. The Morgan fingerprint density at radius 2 is 2.12 bits per heavy atom. The van der Waals surface area contributed by atoms with E-state index < -0.39 is 5.91 Å². The molecule has 17 heavy (non-hydrogen) atoms. The second-order valence-electron chi connectivity index (χ2n) is 4.09. The summed E-state index contributed by atoms with van der Waals surface area (Å²) in [6.45, 7) is 0. The Morgan fingerprint density at radius 1 is 1.41 bits per heavy atom. The maximum absolute atomic E-state index is 11.0. The van der Waals surface area contributed by atoms with Crippen molar-refractivity contribution in [1.82, 2.24) is 0 Å². The van der Waals surface area contributed by atoms with Gasteiger partial charge < -0.3 is 11.1 Å². The van der Waals surface area contributed by atoms with Crippen LogP contribution in [0.4, 0.5) is 5.69 Å². The Kier molecular flexibility index (Phi) is 4.18. The van der Waals surface area contributed by atoms with Crippen molar-refractivity contribution >= 4 is 35.0 Å². The number of carbonyl (C=O) groups is 1. The van der Waals surface area contributed by atoms with E-state index in [1.54, 1.807) is 12.1 Å². The van der Waals surface area contributed by atoms with E-state index in [0.29, 0.717) is 16.6 Å². The minimum Gasteiger partial charge on any atom is -0.382 e. The maximum atomic E-state index is 11.0. The van der Waals surface area contributed by atoms with Crippen LogP contribution >= 0.6 is 23.4 Å². The molecule has 1 aliphatic rings. The van der Waals surface area contributed by atoms with Crippen LogP contribution in [0.25, 0.3) is 0 Å². The first-order valence-electron chi connectivity index (χ1n) is 5.60. The number of nitrogens with two attached hydrogens (primary N) is 1. The van der Waals surface area contributed by atoms with Crippen LogP contribution in [-0.4, -0.2) is 23.5 Å². The Hall–Kier alpha value is -0.870. The molecule has 0 atom stereocenters. The lowest BCUT2D eigenvalue weighted by molar-refractivity contribution is 0.100. The fourth-order valence-corrected chi connectivity index (χ4v) is 3.26. The molecule has 1 saturated heterocycles. The average molecular weight is 271 g/mol. The van der Waals surface area contributed by atoms with E-state index in [1.165, 1.54) is 24.3 Å². The number of amides is 1. The van der Waals surface area contributed by atoms with Gasteiger partial charge in [0.15, 0.2) is 0 Å². The zero-order valence-electron chi connectivity index (χ0n) is 9.41. The summed E-state index contributed by atoms with van der Waals surface area (Å²) in [4.78, 5) is 11.0. The zero-order valence-corrected chi connectivity index (χ0v) is 11.0. The van der Waals surface area contributed by atoms with Crippen molar-refractivity contribution in [2.45, 2.75) is 18.9 Å². The van der Waals surface area contributed by atoms with Crippen molar-refractivity contribution in [2.24, 2.45) is 5.73 Å². The number of halogens is 1. The highest BCUT2D eigenvalue weighted by Crippen LogP contribution is 2.24. The molecule has 3 N–H and O–H groups in total. The number of hydrogen-bond donors (Lipinski definition) is 2. The Balaban J connectivity index is 2.06. The van der Waals surface area contributed by atoms with Crippen molar-refractivity contribution in [2.75, 3.05) is 16.8 Å². The molecule has 1 fully saturated rings. The first kappa shape index (κ1) is 12.6. The van der Waals surface area contributed by atoms with Gasteiger partial charge >= 0.3 is 0 Å². The highest BCUT2D eigenvalue weighted by molar-refractivity contribution is 7.99. The third-order valence-corrected chi connectivity index (χ3v) is 4.19. The first-order chi connectivity index (χ1) is 8.16. The van der Waals surface area contributed by atoms with Gasteiger partial charge in [0.25, 0.3) is 0 Å². The molecule has 0 saturated carbocycles. The summed E-state index contributed by atoms with van der Waals surface area (Å²) in [6.07, 6.45) is 2.33. The molecule has 92 valence electrons. The monoisotopic (exact) mass is 270 g/mol. The van der Waals surface area contributed by atoms with Crippen molar-refractivity contribution in [1.29, 1.82) is 0 Å². The first-order valence-corrected chi connectivity index (χ1v) is 7.14. The number of carbonyl (C=O) groups excluding carboxylic acids is 1. The number of benzene rings is 1. The second-order valence-corrected chi connectivity index (χ2v) is 5.72. The van der Waals surface area contributed by atoms with Crippen LogP contribution in [0.2, 0.25) is 5.02 Å². The third-order valence-electron chi connectivity index (χ3n) is 2.83. The maximum Gasteiger partial charge on any atom is 0.250 e. The van der Waals surface area contributed by atoms with E-state index in [1.807, 2.05) is 17.8 Å². The van der Waals surface area contributed by atoms with Crippen LogP contribution < -0.4 is 11.1 Å². The van der Waals surface area contributed by atoms with Crippen LogP contribution in [0.5, 0.6) is 0 Å². The molecular formula is C12H15ClN2OS. The molecule has 1 aliphatic heterocycles. The molecule has 0 spiro atoms. The number of primary amides is 1. The molecule has 1 heterocycles. The lowest BCUT2D eigenvalue weighted by Gasteiger charge is -2.23. The van der Waals surface area contributed by atoms with Gasteiger partial charge in [-0.15, -0.1) is 0 Å². The van der Waals surface area contributed by atoms with Gasteiger partial charge in [-0.1, -0.05) is 11.6 Å². The van der Waals surface area contributed by atoms with E-state index in [-0.39, 0.29) is 0 Å². The Bertz CT molecular complexity index is 419. The highest BCUT2D eigenvalue weighted by Gasteiger charge is 2.14. The molecule has 0 bridgehead atoms. The minimum absolute atomic E-state index is 0.372. The van der Waals surface area contributed by atoms with Crippen LogP contribution in [-0.2, 0) is 0 Å². The van der Waals surface area contributed by atoms with Gasteiger partial charge in [0.2, 0.25) is 5.91 Å². The molecule has 0 radical (unpaired) electrons. The molecule has 1 aromatic rings. The van der Waals surface area contributed by atoms with Gasteiger partial charge in [-0.3, -0.25) is 4.79 Å². The predicted molar refractivity (Wildman–Crippen MR) is 73.9 cm³/mol. The van der Waals surface area contributed by atoms with Gasteiger partial charge in [-0.05, 0) is 42.5 Å². The van der Waals surface area contributed by atoms with Gasteiger partial charge in [0.1, 0.15) is 0 Å². The van der Waals surface area contributed by atoms with Gasteiger partial charge in [-0.25, -0.2) is 0 Å². The lowest BCUT2D eigenvalue weighted by atomic mass is 10.1. The summed E-state index contributed by atoms with van der Waals surface area (Å²) in [5.74, 6) is 1.91. The molecular weight excluding hydrogens is 256 g/mol. The lowest BCUT2D eigenvalue weighted by Crippen LogP contribution is -2.24. The molecule has 1 aromatic carbocycles. The molecule has 0 aromatic heterocycles. The largest absolute Gasteiger partial charge is 0.382 e. The summed E-state index contributed by atoms with van der Waals surface area (Å²) in [7, 11) is 0. The number of hydrogen-bond acceptors (Lipinski definition) is 3. The highest BCUT2D eigenvalue weighted by atomic mass is 35.5. The molecule has 2 rings (SSSR count). The molecule has 0 aliphatic carbocycles. The number of nitrogens with one attached hydrogen (secondary N) is 1. The summed E-state index contributed by atoms with van der Waals surface area (Å²) in [5.41, 5.74) is 6.53. The summed E-state index contributed by atoms with van der Waals surface area (Å²) in [5, 5.41) is 3.85. The second kappa shape index (κ2) is 5.65. The van der Waals surface area contributed by atoms with Crippen molar-refractivity contribution < 1.29 is 4.79 Å². The van der Waals surface area contributed by atoms with Crippen LogP contribution in [0.3, 0.4) is 0 Å². The zero-order chi connectivity index (χ0) is 12.3. The summed E-state index contributed by atoms with van der Waals surface area (Å²) >= 11 is 7.99. The third kappa shape index (κ3) is 3.30. The summed E-state index contributed by atoms with van der Waals surface area (Å²) < 4.78 is 0. The SMILES string of the molecule is NC(=O)c1ccc(NC2CCSCC2)cc1Cl. The molecule has 3 nitrogen and oxygen atoms in total. The average Bonchev–Trinajstić information content (AvgIpc) is 2.30. The van der Waals surface area contributed by atoms with E-state index in [0.717, 1.165) is 5.69 Å². The van der Waals surface area contributed by atoms with E-state index >= 15 is 0 Å². The predicted octanol–water partition coefficient (Wildman–Crippen LogP) is 2.75. The van der Waals surface area contributed by atoms with Gasteiger partial charge in [0, 0.05) is 11.7 Å². The van der Waals surface area contributed by atoms with Crippen molar-refractivity contribution in [3.05, 3.63) is 28.8 Å². The number of thioether (sulfide) groups is 1. The van der Waals surface area contributed by atoms with E-state index in [4.69, 9.17) is 17.3 Å². The fraction of sp³-hybridized carbons (Fsp3) is 0.417. The summed E-state index contributed by atoms with van der Waals surface area (Å²) in [6, 6.07) is 5.80. The smallest absolute Gasteiger partial charge is 0.250 e. The molecule has 1 amide bonds. The van der Waals surface area contributed by atoms with E-state index in [9.17, 15) is 4.79 Å². The van der Waals surface area contributed by atoms with Gasteiger partial charge in [0.05, 0.1) is 10.6 Å². The van der Waals surface area contributed by atoms with Gasteiger partial charge in [-0.2, -0.15) is 11.8 Å². The van der Waals surface area contributed by atoms with Crippen LogP contribution in [0.15, 0.2) is 18.2 Å². The molecule has 5 heteroatoms. The fourth-order valence-electron chi connectivity index (χ4n) is 1.88. The standard InChI is InChI=1S/C12H15ClN2OS/c13-11-7-9(1-2-10(11)12(14)16)15-8-3-5-17-6-4-8/h1-2,7-8,15H,3-6H2,(H2,14,16). The Labute approximate surface area is 110 Å².